The number of rotatable bonds is 6. The highest BCUT2D eigenvalue weighted by atomic mass is 32.2. The molecule has 0 saturated heterocycles. The number of unbranched alkanes of at least 4 members (excludes halogenated alkanes) is 1. The van der Waals surface area contributed by atoms with Crippen LogP contribution in [-0.2, 0) is 4.79 Å². The first-order valence-electron chi connectivity index (χ1n) is 6.40. The minimum Gasteiger partial charge on any atom is -0.353 e. The highest BCUT2D eigenvalue weighted by molar-refractivity contribution is 7.99. The van der Waals surface area contributed by atoms with Crippen LogP contribution in [0.5, 0.6) is 0 Å². The molecule has 1 unspecified atom stereocenters. The second-order valence-corrected chi connectivity index (χ2v) is 6.68. The second-order valence-electron chi connectivity index (χ2n) is 5.58. The lowest BCUT2D eigenvalue weighted by Crippen LogP contribution is -2.34. The first kappa shape index (κ1) is 13.9. The smallest absolute Gasteiger partial charge is 0.230 e. The number of hydrogen-bond acceptors (Lipinski definition) is 2. The Morgan fingerprint density at radius 2 is 2.25 bits per heavy atom. The van der Waals surface area contributed by atoms with Crippen LogP contribution in [0.15, 0.2) is 0 Å². The van der Waals surface area contributed by atoms with Crippen molar-refractivity contribution in [3.63, 3.8) is 0 Å². The Labute approximate surface area is 104 Å². The van der Waals surface area contributed by atoms with E-state index >= 15 is 0 Å². The third-order valence-corrected chi connectivity index (χ3v) is 4.25. The lowest BCUT2D eigenvalue weighted by molar-refractivity contribution is -0.119. The number of carbonyl (C=O) groups is 1. The maximum absolute atomic E-state index is 11.6. The third kappa shape index (κ3) is 5.24. The Kier molecular flexibility index (Phi) is 5.67. The maximum Gasteiger partial charge on any atom is 0.230 e. The average molecular weight is 243 g/mol. The summed E-state index contributed by atoms with van der Waals surface area (Å²) in [6, 6.07) is 0.425. The molecule has 2 nitrogen and oxygen atoms in total. The van der Waals surface area contributed by atoms with Crippen molar-refractivity contribution in [2.75, 3.05) is 11.5 Å². The van der Waals surface area contributed by atoms with Gasteiger partial charge in [-0.1, -0.05) is 27.2 Å². The lowest BCUT2D eigenvalue weighted by Gasteiger charge is -2.17. The van der Waals surface area contributed by atoms with Crippen LogP contribution in [0.3, 0.4) is 0 Å². The Hall–Kier alpha value is -0.180. The zero-order valence-electron chi connectivity index (χ0n) is 10.8. The maximum atomic E-state index is 11.6. The van der Waals surface area contributed by atoms with Gasteiger partial charge in [0.25, 0.3) is 0 Å². The summed E-state index contributed by atoms with van der Waals surface area (Å²) in [6.07, 6.45) is 5.96. The molecule has 1 aliphatic rings. The molecule has 0 radical (unpaired) electrons. The molecule has 0 spiro atoms. The zero-order chi connectivity index (χ0) is 12.0. The standard InChI is InChI=1S/C13H25NOS/c1-4-5-8-16-10-12(15)14-11-6-7-13(2,3)9-11/h11H,4-10H2,1-3H3,(H,14,15). The molecular weight excluding hydrogens is 218 g/mol. The van der Waals surface area contributed by atoms with Crippen LogP contribution in [0.1, 0.15) is 52.9 Å². The molecule has 1 amide bonds. The summed E-state index contributed by atoms with van der Waals surface area (Å²) >= 11 is 1.76. The lowest BCUT2D eigenvalue weighted by atomic mass is 9.92. The fourth-order valence-corrected chi connectivity index (χ4v) is 3.15. The summed E-state index contributed by atoms with van der Waals surface area (Å²) in [4.78, 5) is 11.6. The van der Waals surface area contributed by atoms with Gasteiger partial charge >= 0.3 is 0 Å². The molecule has 1 fully saturated rings. The molecule has 0 aromatic rings. The number of carbonyl (C=O) groups excluding carboxylic acids is 1. The number of amides is 1. The summed E-state index contributed by atoms with van der Waals surface area (Å²) in [5.41, 5.74) is 0.424. The van der Waals surface area contributed by atoms with Crippen molar-refractivity contribution in [3.05, 3.63) is 0 Å². The van der Waals surface area contributed by atoms with E-state index in [1.807, 2.05) is 0 Å². The molecule has 1 atom stereocenters. The average Bonchev–Trinajstić information content (AvgIpc) is 2.53. The molecule has 94 valence electrons. The highest BCUT2D eigenvalue weighted by Gasteiger charge is 2.31. The highest BCUT2D eigenvalue weighted by Crippen LogP contribution is 2.36. The first-order chi connectivity index (χ1) is 7.53. The topological polar surface area (TPSA) is 29.1 Å². The summed E-state index contributed by atoms with van der Waals surface area (Å²) in [5, 5.41) is 3.15. The molecule has 0 aromatic heterocycles. The van der Waals surface area contributed by atoms with Gasteiger partial charge in [0, 0.05) is 6.04 Å². The fourth-order valence-electron chi connectivity index (χ4n) is 2.24. The molecular formula is C13H25NOS. The number of nitrogens with one attached hydrogen (secondary N) is 1. The Balaban J connectivity index is 2.11. The van der Waals surface area contributed by atoms with Crippen molar-refractivity contribution in [2.45, 2.75) is 58.9 Å². The quantitative estimate of drug-likeness (QED) is 0.726. The van der Waals surface area contributed by atoms with Gasteiger partial charge in [-0.3, -0.25) is 4.79 Å². The van der Waals surface area contributed by atoms with Crippen LogP contribution in [0.4, 0.5) is 0 Å². The van der Waals surface area contributed by atoms with Gasteiger partial charge in [0.2, 0.25) is 5.91 Å². The van der Waals surface area contributed by atoms with E-state index in [0.29, 0.717) is 17.2 Å². The van der Waals surface area contributed by atoms with Crippen LogP contribution in [0.2, 0.25) is 0 Å². The predicted molar refractivity (Wildman–Crippen MR) is 71.8 cm³/mol. The Morgan fingerprint density at radius 3 is 2.81 bits per heavy atom. The zero-order valence-corrected chi connectivity index (χ0v) is 11.7. The van der Waals surface area contributed by atoms with Gasteiger partial charge in [0.15, 0.2) is 0 Å². The SMILES string of the molecule is CCCCSCC(=O)NC1CCC(C)(C)C1. The molecule has 1 N–H and O–H groups in total. The van der Waals surface area contributed by atoms with E-state index in [2.05, 4.69) is 26.1 Å². The molecule has 0 bridgehead atoms. The monoisotopic (exact) mass is 243 g/mol. The summed E-state index contributed by atoms with van der Waals surface area (Å²) in [6.45, 7) is 6.76. The van der Waals surface area contributed by atoms with Crippen molar-refractivity contribution >= 4 is 17.7 Å². The largest absolute Gasteiger partial charge is 0.353 e. The number of thioether (sulfide) groups is 1. The van der Waals surface area contributed by atoms with Crippen molar-refractivity contribution in [3.8, 4) is 0 Å². The van der Waals surface area contributed by atoms with Crippen LogP contribution in [0, 0.1) is 5.41 Å². The van der Waals surface area contributed by atoms with E-state index in [1.165, 1.54) is 19.3 Å². The van der Waals surface area contributed by atoms with Crippen LogP contribution in [-0.4, -0.2) is 23.5 Å². The van der Waals surface area contributed by atoms with Crippen molar-refractivity contribution in [1.29, 1.82) is 0 Å². The van der Waals surface area contributed by atoms with Crippen LogP contribution < -0.4 is 5.32 Å². The van der Waals surface area contributed by atoms with Crippen LogP contribution >= 0.6 is 11.8 Å². The third-order valence-electron chi connectivity index (χ3n) is 3.21. The van der Waals surface area contributed by atoms with Gasteiger partial charge < -0.3 is 5.32 Å². The molecule has 1 aliphatic carbocycles. The van der Waals surface area contributed by atoms with Crippen molar-refractivity contribution < 1.29 is 4.79 Å². The van der Waals surface area contributed by atoms with Gasteiger partial charge in [0.1, 0.15) is 0 Å². The normalized spacial score (nSPS) is 23.3. The van der Waals surface area contributed by atoms with Gasteiger partial charge in [0.05, 0.1) is 5.75 Å². The minimum atomic E-state index is 0.226. The molecule has 16 heavy (non-hydrogen) atoms. The van der Waals surface area contributed by atoms with E-state index in [1.54, 1.807) is 11.8 Å². The predicted octanol–water partition coefficient (Wildman–Crippen LogP) is 3.21. The van der Waals surface area contributed by atoms with E-state index in [-0.39, 0.29) is 5.91 Å². The molecule has 0 aliphatic heterocycles. The van der Waals surface area contributed by atoms with E-state index in [4.69, 9.17) is 0 Å². The van der Waals surface area contributed by atoms with Crippen LogP contribution in [0.25, 0.3) is 0 Å². The van der Waals surface area contributed by atoms with E-state index in [9.17, 15) is 4.79 Å². The molecule has 0 aromatic carbocycles. The van der Waals surface area contributed by atoms with Gasteiger partial charge in [-0.25, -0.2) is 0 Å². The van der Waals surface area contributed by atoms with E-state index < -0.39 is 0 Å². The Morgan fingerprint density at radius 1 is 1.50 bits per heavy atom. The molecule has 1 saturated carbocycles. The second kappa shape index (κ2) is 6.53. The summed E-state index contributed by atoms with van der Waals surface area (Å²) in [7, 11) is 0. The summed E-state index contributed by atoms with van der Waals surface area (Å²) in [5.74, 6) is 1.97. The van der Waals surface area contributed by atoms with Gasteiger partial charge in [-0.05, 0) is 36.9 Å². The van der Waals surface area contributed by atoms with Gasteiger partial charge in [-0.2, -0.15) is 11.8 Å². The number of hydrogen-bond donors (Lipinski definition) is 1. The van der Waals surface area contributed by atoms with E-state index in [0.717, 1.165) is 18.6 Å². The van der Waals surface area contributed by atoms with Crippen molar-refractivity contribution in [1.82, 2.24) is 5.32 Å². The fraction of sp³-hybridized carbons (Fsp3) is 0.923. The first-order valence-corrected chi connectivity index (χ1v) is 7.56. The molecule has 3 heteroatoms. The molecule has 0 heterocycles. The van der Waals surface area contributed by atoms with Gasteiger partial charge in [-0.15, -0.1) is 0 Å². The Bertz CT molecular complexity index is 228. The minimum absolute atomic E-state index is 0.226. The summed E-state index contributed by atoms with van der Waals surface area (Å²) < 4.78 is 0. The van der Waals surface area contributed by atoms with Crippen molar-refractivity contribution in [2.24, 2.45) is 5.41 Å². The molecule has 1 rings (SSSR count).